The van der Waals surface area contributed by atoms with Crippen molar-refractivity contribution in [3.05, 3.63) is 18.0 Å². The lowest BCUT2D eigenvalue weighted by Crippen LogP contribution is -2.10. The number of aromatic nitrogens is 2. The first-order valence-corrected chi connectivity index (χ1v) is 5.32. The predicted octanol–water partition coefficient (Wildman–Crippen LogP) is 2.60. The number of anilines is 1. The van der Waals surface area contributed by atoms with Crippen molar-refractivity contribution in [3.8, 4) is 0 Å². The van der Waals surface area contributed by atoms with Gasteiger partial charge in [0.25, 0.3) is 0 Å². The maximum Gasteiger partial charge on any atom is 0.222 e. The minimum Gasteiger partial charge on any atom is -0.354 e. The van der Waals surface area contributed by atoms with Crippen molar-refractivity contribution in [2.24, 2.45) is 0 Å². The number of halogens is 1. The summed E-state index contributed by atoms with van der Waals surface area (Å²) in [5.74, 6) is 0.676. The number of hydrogen-bond donors (Lipinski definition) is 1. The molecule has 0 aromatic carbocycles. The van der Waals surface area contributed by atoms with E-state index >= 15 is 0 Å². The number of hydrogen-bond acceptors (Lipinski definition) is 3. The van der Waals surface area contributed by atoms with Gasteiger partial charge in [0.15, 0.2) is 0 Å². The molecular formula is C10H16ClN3. The second-order valence-corrected chi connectivity index (χ2v) is 3.92. The number of nitrogens with zero attached hydrogens (tertiary/aromatic N) is 2. The molecule has 1 aromatic heterocycles. The first kappa shape index (κ1) is 11.2. The molecule has 0 aliphatic heterocycles. The minimum absolute atomic E-state index is 0.243. The lowest BCUT2D eigenvalue weighted by molar-refractivity contribution is 0.750. The molecule has 3 nitrogen and oxygen atoms in total. The number of nitrogens with one attached hydrogen (secondary N) is 1. The fourth-order valence-electron chi connectivity index (χ4n) is 1.03. The summed E-state index contributed by atoms with van der Waals surface area (Å²) < 4.78 is 0. The number of alkyl halides is 1. The van der Waals surface area contributed by atoms with E-state index in [1.165, 1.54) is 0 Å². The molecule has 78 valence electrons. The van der Waals surface area contributed by atoms with Gasteiger partial charge in [0, 0.05) is 24.3 Å². The average Bonchev–Trinajstić information content (AvgIpc) is 2.21. The third kappa shape index (κ3) is 3.92. The Balaban J connectivity index is 2.28. The van der Waals surface area contributed by atoms with Gasteiger partial charge in [-0.25, -0.2) is 9.97 Å². The Kier molecular flexibility index (Phi) is 4.66. The van der Waals surface area contributed by atoms with Gasteiger partial charge in [-0.1, -0.05) is 6.92 Å². The van der Waals surface area contributed by atoms with Crippen LogP contribution in [0.1, 0.15) is 25.3 Å². The molecule has 4 heteroatoms. The zero-order valence-corrected chi connectivity index (χ0v) is 9.38. The molecule has 1 rings (SSSR count). The third-order valence-corrected chi connectivity index (χ3v) is 2.49. The summed E-state index contributed by atoms with van der Waals surface area (Å²) in [6.45, 7) is 4.88. The molecule has 0 spiro atoms. The summed E-state index contributed by atoms with van der Waals surface area (Å²) in [6, 6.07) is 0. The highest BCUT2D eigenvalue weighted by molar-refractivity contribution is 6.20. The van der Waals surface area contributed by atoms with Crippen LogP contribution in [-0.2, 0) is 0 Å². The molecule has 0 aliphatic carbocycles. The molecule has 1 aromatic rings. The van der Waals surface area contributed by atoms with E-state index in [2.05, 4.69) is 22.2 Å². The van der Waals surface area contributed by atoms with Gasteiger partial charge in [0.1, 0.15) is 0 Å². The molecule has 14 heavy (non-hydrogen) atoms. The molecule has 1 heterocycles. The van der Waals surface area contributed by atoms with Gasteiger partial charge in [0.05, 0.1) is 0 Å². The van der Waals surface area contributed by atoms with Gasteiger partial charge in [0.2, 0.25) is 5.95 Å². The normalized spacial score (nSPS) is 12.5. The summed E-state index contributed by atoms with van der Waals surface area (Å²) in [4.78, 5) is 8.27. The average molecular weight is 214 g/mol. The molecule has 0 saturated heterocycles. The largest absolute Gasteiger partial charge is 0.354 e. The topological polar surface area (TPSA) is 37.8 Å². The van der Waals surface area contributed by atoms with Crippen LogP contribution in [0.2, 0.25) is 0 Å². The summed E-state index contributed by atoms with van der Waals surface area (Å²) in [5.41, 5.74) is 1.07. The first-order valence-electron chi connectivity index (χ1n) is 4.89. The van der Waals surface area contributed by atoms with E-state index in [0.717, 1.165) is 24.9 Å². The SMILES string of the molecule is CCC(Cl)CCNc1ncc(C)cn1. The van der Waals surface area contributed by atoms with Crippen molar-refractivity contribution < 1.29 is 0 Å². The van der Waals surface area contributed by atoms with Crippen molar-refractivity contribution >= 4 is 17.5 Å². The molecule has 1 unspecified atom stereocenters. The Morgan fingerprint density at radius 2 is 2.07 bits per heavy atom. The summed E-state index contributed by atoms with van der Waals surface area (Å²) in [5, 5.41) is 3.37. The Morgan fingerprint density at radius 3 is 2.64 bits per heavy atom. The van der Waals surface area contributed by atoms with Crippen LogP contribution in [0, 0.1) is 6.92 Å². The van der Waals surface area contributed by atoms with E-state index in [9.17, 15) is 0 Å². The van der Waals surface area contributed by atoms with Crippen molar-refractivity contribution in [1.29, 1.82) is 0 Å². The van der Waals surface area contributed by atoms with Crippen LogP contribution >= 0.6 is 11.6 Å². The maximum absolute atomic E-state index is 5.98. The van der Waals surface area contributed by atoms with Crippen LogP contribution in [0.5, 0.6) is 0 Å². The van der Waals surface area contributed by atoms with Gasteiger partial charge >= 0.3 is 0 Å². The zero-order valence-electron chi connectivity index (χ0n) is 8.63. The lowest BCUT2D eigenvalue weighted by atomic mass is 10.2. The second kappa shape index (κ2) is 5.81. The number of aryl methyl sites for hydroxylation is 1. The third-order valence-electron chi connectivity index (χ3n) is 1.96. The molecule has 1 atom stereocenters. The van der Waals surface area contributed by atoms with Crippen molar-refractivity contribution in [2.45, 2.75) is 32.1 Å². The van der Waals surface area contributed by atoms with Gasteiger partial charge in [-0.3, -0.25) is 0 Å². The molecule has 0 saturated carbocycles. The second-order valence-electron chi connectivity index (χ2n) is 3.31. The Labute approximate surface area is 89.9 Å². The van der Waals surface area contributed by atoms with Gasteiger partial charge in [-0.15, -0.1) is 11.6 Å². The molecule has 1 N–H and O–H groups in total. The van der Waals surface area contributed by atoms with Crippen molar-refractivity contribution in [3.63, 3.8) is 0 Å². The Hall–Kier alpha value is -0.830. The highest BCUT2D eigenvalue weighted by Crippen LogP contribution is 2.06. The highest BCUT2D eigenvalue weighted by Gasteiger charge is 2.00. The molecular weight excluding hydrogens is 198 g/mol. The molecule has 0 bridgehead atoms. The molecule has 0 aliphatic rings. The van der Waals surface area contributed by atoms with E-state index in [0.29, 0.717) is 5.95 Å². The van der Waals surface area contributed by atoms with Crippen LogP contribution < -0.4 is 5.32 Å². The lowest BCUT2D eigenvalue weighted by Gasteiger charge is -2.07. The van der Waals surface area contributed by atoms with E-state index in [1.807, 2.05) is 6.92 Å². The van der Waals surface area contributed by atoms with Crippen LogP contribution in [0.4, 0.5) is 5.95 Å². The van der Waals surface area contributed by atoms with Crippen molar-refractivity contribution in [1.82, 2.24) is 9.97 Å². The molecule has 0 fully saturated rings. The van der Waals surface area contributed by atoms with E-state index in [1.54, 1.807) is 12.4 Å². The van der Waals surface area contributed by atoms with E-state index < -0.39 is 0 Å². The van der Waals surface area contributed by atoms with Gasteiger partial charge in [-0.2, -0.15) is 0 Å². The van der Waals surface area contributed by atoms with E-state index in [-0.39, 0.29) is 5.38 Å². The summed E-state index contributed by atoms with van der Waals surface area (Å²) in [7, 11) is 0. The highest BCUT2D eigenvalue weighted by atomic mass is 35.5. The first-order chi connectivity index (χ1) is 6.72. The fourth-order valence-corrected chi connectivity index (χ4v) is 1.14. The van der Waals surface area contributed by atoms with Crippen LogP contribution in [0.15, 0.2) is 12.4 Å². The summed E-state index contributed by atoms with van der Waals surface area (Å²) in [6.07, 6.45) is 5.54. The quantitative estimate of drug-likeness (QED) is 0.765. The number of rotatable bonds is 5. The fraction of sp³-hybridized carbons (Fsp3) is 0.600. The standard InChI is InChI=1S/C10H16ClN3/c1-3-9(11)4-5-12-10-13-6-8(2)7-14-10/h6-7,9H,3-5H2,1-2H3,(H,12,13,14). The Morgan fingerprint density at radius 1 is 1.43 bits per heavy atom. The van der Waals surface area contributed by atoms with E-state index in [4.69, 9.17) is 11.6 Å². The van der Waals surface area contributed by atoms with Crippen LogP contribution in [0.25, 0.3) is 0 Å². The summed E-state index contributed by atoms with van der Waals surface area (Å²) >= 11 is 5.98. The molecule has 0 amide bonds. The predicted molar refractivity (Wildman–Crippen MR) is 59.8 cm³/mol. The van der Waals surface area contributed by atoms with Gasteiger partial charge < -0.3 is 5.32 Å². The zero-order chi connectivity index (χ0) is 10.4. The van der Waals surface area contributed by atoms with Gasteiger partial charge in [-0.05, 0) is 25.3 Å². The van der Waals surface area contributed by atoms with Crippen LogP contribution in [0.3, 0.4) is 0 Å². The maximum atomic E-state index is 5.98. The van der Waals surface area contributed by atoms with Crippen molar-refractivity contribution in [2.75, 3.05) is 11.9 Å². The smallest absolute Gasteiger partial charge is 0.222 e. The monoisotopic (exact) mass is 213 g/mol. The van der Waals surface area contributed by atoms with Crippen LogP contribution in [-0.4, -0.2) is 21.9 Å². The Bertz CT molecular complexity index is 261. The molecule has 0 radical (unpaired) electrons. The minimum atomic E-state index is 0.243.